The molecule has 1 heterocycles. The Morgan fingerprint density at radius 2 is 1.62 bits per heavy atom. The molecule has 174 valence electrons. The van der Waals surface area contributed by atoms with E-state index >= 15 is 0 Å². The lowest BCUT2D eigenvalue weighted by atomic mass is 9.71. The molecule has 0 saturated carbocycles. The number of hydrogen-bond donors (Lipinski definition) is 2. The number of ether oxygens (including phenoxy) is 1. The molecule has 6 nitrogen and oxygen atoms in total. The SMILES string of the molecule is O=C(COc1cccc(C2C3=C(CCCC3=O)NC3=C2C(=O)CCC3)c1)Nc1ccccc1Cl. The molecule has 0 aromatic heterocycles. The molecule has 7 heteroatoms. The van der Waals surface area contributed by atoms with Gasteiger partial charge in [0.2, 0.25) is 0 Å². The van der Waals surface area contributed by atoms with E-state index in [4.69, 9.17) is 16.3 Å². The molecule has 0 fully saturated rings. The molecule has 2 aromatic rings. The van der Waals surface area contributed by atoms with Gasteiger partial charge in [-0.2, -0.15) is 0 Å². The zero-order valence-corrected chi connectivity index (χ0v) is 19.4. The average Bonchev–Trinajstić information content (AvgIpc) is 2.83. The molecule has 0 saturated heterocycles. The van der Waals surface area contributed by atoms with E-state index in [-0.39, 0.29) is 24.1 Å². The molecule has 2 aromatic carbocycles. The van der Waals surface area contributed by atoms with Crippen LogP contribution in [-0.2, 0) is 14.4 Å². The first kappa shape index (κ1) is 22.4. The quantitative estimate of drug-likeness (QED) is 0.630. The van der Waals surface area contributed by atoms with Crippen LogP contribution in [-0.4, -0.2) is 24.1 Å². The summed E-state index contributed by atoms with van der Waals surface area (Å²) in [4.78, 5) is 38.3. The first-order chi connectivity index (χ1) is 16.5. The molecular weight excluding hydrogens is 452 g/mol. The van der Waals surface area contributed by atoms with Gasteiger partial charge in [-0.3, -0.25) is 14.4 Å². The monoisotopic (exact) mass is 476 g/mol. The number of carbonyl (C=O) groups excluding carboxylic acids is 3. The van der Waals surface area contributed by atoms with E-state index in [1.165, 1.54) is 0 Å². The van der Waals surface area contributed by atoms with Gasteiger partial charge in [0, 0.05) is 41.3 Å². The summed E-state index contributed by atoms with van der Waals surface area (Å²) < 4.78 is 5.76. The van der Waals surface area contributed by atoms with Gasteiger partial charge in [0.05, 0.1) is 10.7 Å². The first-order valence-corrected chi connectivity index (χ1v) is 12.0. The minimum atomic E-state index is -0.396. The van der Waals surface area contributed by atoms with Crippen molar-refractivity contribution in [2.24, 2.45) is 0 Å². The number of dihydropyridines is 1. The van der Waals surface area contributed by atoms with Crippen LogP contribution in [0, 0.1) is 0 Å². The number of rotatable bonds is 5. The summed E-state index contributed by atoms with van der Waals surface area (Å²) in [5.74, 6) is -0.0444. The standard InChI is InChI=1S/C27H25ClN2O4/c28-18-8-1-2-9-19(18)30-24(33)15-34-17-7-3-6-16(14-17)25-26-20(10-4-12-22(26)31)29-21-11-5-13-23(32)27(21)25/h1-3,6-9,14,25,29H,4-5,10-13,15H2,(H,30,33). The van der Waals surface area contributed by atoms with Crippen molar-refractivity contribution in [1.82, 2.24) is 5.32 Å². The Hall–Kier alpha value is -3.38. The molecule has 2 N–H and O–H groups in total. The molecule has 3 aliphatic rings. The summed E-state index contributed by atoms with van der Waals surface area (Å²) in [6.07, 6.45) is 4.23. The largest absolute Gasteiger partial charge is 0.484 e. The molecule has 0 spiro atoms. The van der Waals surface area contributed by atoms with Crippen molar-refractivity contribution in [3.05, 3.63) is 81.7 Å². The first-order valence-electron chi connectivity index (χ1n) is 11.6. The van der Waals surface area contributed by atoms with Gasteiger partial charge < -0.3 is 15.4 Å². The molecule has 34 heavy (non-hydrogen) atoms. The summed E-state index contributed by atoms with van der Waals surface area (Å²) in [6.45, 7) is -0.194. The highest BCUT2D eigenvalue weighted by atomic mass is 35.5. The van der Waals surface area contributed by atoms with Crippen molar-refractivity contribution in [2.45, 2.75) is 44.4 Å². The highest BCUT2D eigenvalue weighted by Gasteiger charge is 2.40. The van der Waals surface area contributed by atoms with Crippen molar-refractivity contribution < 1.29 is 19.1 Å². The van der Waals surface area contributed by atoms with Crippen molar-refractivity contribution >= 4 is 34.8 Å². The van der Waals surface area contributed by atoms with E-state index < -0.39 is 5.92 Å². The van der Waals surface area contributed by atoms with E-state index in [0.29, 0.717) is 40.4 Å². The van der Waals surface area contributed by atoms with Gasteiger partial charge in [-0.25, -0.2) is 0 Å². The maximum absolute atomic E-state index is 13.0. The van der Waals surface area contributed by atoms with Crippen LogP contribution in [0.2, 0.25) is 5.02 Å². The van der Waals surface area contributed by atoms with E-state index in [9.17, 15) is 14.4 Å². The van der Waals surface area contributed by atoms with Crippen molar-refractivity contribution in [1.29, 1.82) is 0 Å². The maximum atomic E-state index is 13.0. The smallest absolute Gasteiger partial charge is 0.262 e. The molecule has 0 atom stereocenters. The number of benzene rings is 2. The number of Topliss-reactive ketones (excluding diaryl/α,β-unsaturated/α-hetero) is 2. The van der Waals surface area contributed by atoms with Gasteiger partial charge in [0.25, 0.3) is 5.91 Å². The van der Waals surface area contributed by atoms with Gasteiger partial charge in [0.15, 0.2) is 18.2 Å². The van der Waals surface area contributed by atoms with Crippen molar-refractivity contribution in [2.75, 3.05) is 11.9 Å². The maximum Gasteiger partial charge on any atom is 0.262 e. The van der Waals surface area contributed by atoms with Gasteiger partial charge in [-0.15, -0.1) is 0 Å². The number of amides is 1. The van der Waals surface area contributed by atoms with Crippen LogP contribution in [0.25, 0.3) is 0 Å². The van der Waals surface area contributed by atoms with Gasteiger partial charge >= 0.3 is 0 Å². The Morgan fingerprint density at radius 1 is 0.941 bits per heavy atom. The average molecular weight is 477 g/mol. The van der Waals surface area contributed by atoms with Crippen LogP contribution in [0.4, 0.5) is 5.69 Å². The second kappa shape index (κ2) is 9.47. The third-order valence-corrected chi connectivity index (χ3v) is 6.83. The number of carbonyl (C=O) groups is 3. The van der Waals surface area contributed by atoms with Crippen LogP contribution in [0.3, 0.4) is 0 Å². The molecule has 0 unspecified atom stereocenters. The van der Waals surface area contributed by atoms with Crippen molar-refractivity contribution in [3.8, 4) is 5.75 Å². The lowest BCUT2D eigenvalue weighted by Crippen LogP contribution is -2.36. The van der Waals surface area contributed by atoms with Crippen LogP contribution in [0.1, 0.15) is 50.0 Å². The highest BCUT2D eigenvalue weighted by molar-refractivity contribution is 6.33. The fraction of sp³-hybridized carbons (Fsp3) is 0.296. The summed E-state index contributed by atoms with van der Waals surface area (Å²) >= 11 is 6.10. The van der Waals surface area contributed by atoms with Gasteiger partial charge in [0.1, 0.15) is 5.75 Å². The lowest BCUT2D eigenvalue weighted by Gasteiger charge is -2.37. The topological polar surface area (TPSA) is 84.5 Å². The minimum Gasteiger partial charge on any atom is -0.484 e. The normalized spacial score (nSPS) is 18.3. The molecule has 5 rings (SSSR count). The fourth-order valence-electron chi connectivity index (χ4n) is 5.00. The zero-order chi connectivity index (χ0) is 23.7. The number of ketones is 2. The lowest BCUT2D eigenvalue weighted by molar-refractivity contribution is -0.118. The molecule has 1 aliphatic heterocycles. The van der Waals surface area contributed by atoms with E-state index in [1.807, 2.05) is 18.2 Å². The summed E-state index contributed by atoms with van der Waals surface area (Å²) in [7, 11) is 0. The number of hydrogen-bond acceptors (Lipinski definition) is 5. The van der Waals surface area contributed by atoms with Crippen LogP contribution in [0.15, 0.2) is 71.1 Å². The van der Waals surface area contributed by atoms with E-state index in [2.05, 4.69) is 10.6 Å². The molecule has 1 amide bonds. The second-order valence-electron chi connectivity index (χ2n) is 8.79. The van der Waals surface area contributed by atoms with E-state index in [1.54, 1.807) is 30.3 Å². The van der Waals surface area contributed by atoms with Crippen LogP contribution in [0.5, 0.6) is 5.75 Å². The predicted molar refractivity (Wildman–Crippen MR) is 130 cm³/mol. The van der Waals surface area contributed by atoms with Gasteiger partial charge in [-0.1, -0.05) is 35.9 Å². The number of allylic oxidation sites excluding steroid dienone is 4. The molecule has 2 aliphatic carbocycles. The third-order valence-electron chi connectivity index (χ3n) is 6.50. The molecule has 0 radical (unpaired) electrons. The second-order valence-corrected chi connectivity index (χ2v) is 9.19. The number of para-hydroxylation sites is 1. The Balaban J connectivity index is 1.40. The third kappa shape index (κ3) is 4.38. The number of nitrogens with one attached hydrogen (secondary N) is 2. The Bertz CT molecular complexity index is 1200. The Labute approximate surface area is 203 Å². The Kier molecular flexibility index (Phi) is 6.24. The van der Waals surface area contributed by atoms with Crippen LogP contribution < -0.4 is 15.4 Å². The van der Waals surface area contributed by atoms with Gasteiger partial charge in [-0.05, 0) is 55.5 Å². The Morgan fingerprint density at radius 3 is 2.29 bits per heavy atom. The molecule has 0 bridgehead atoms. The minimum absolute atomic E-state index is 0.0918. The summed E-state index contributed by atoms with van der Waals surface area (Å²) in [6, 6.07) is 14.3. The fourth-order valence-corrected chi connectivity index (χ4v) is 5.18. The van der Waals surface area contributed by atoms with Crippen LogP contribution >= 0.6 is 11.6 Å². The predicted octanol–water partition coefficient (Wildman–Crippen LogP) is 5.06. The number of anilines is 1. The van der Waals surface area contributed by atoms with Crippen molar-refractivity contribution in [3.63, 3.8) is 0 Å². The van der Waals surface area contributed by atoms with E-state index in [0.717, 1.165) is 42.6 Å². The zero-order valence-electron chi connectivity index (χ0n) is 18.7. The number of halogens is 1. The molecular formula is C27H25ClN2O4. The summed E-state index contributed by atoms with van der Waals surface area (Å²) in [5, 5.41) is 6.61. The summed E-state index contributed by atoms with van der Waals surface area (Å²) in [5.41, 5.74) is 4.64. The highest BCUT2D eigenvalue weighted by Crippen LogP contribution is 2.45.